The number of hydrogen-bond acceptors (Lipinski definition) is 4. The van der Waals surface area contributed by atoms with Gasteiger partial charge in [-0.05, 0) is 13.1 Å². The Morgan fingerprint density at radius 1 is 1.39 bits per heavy atom. The highest BCUT2D eigenvalue weighted by atomic mass is 16.5. The number of amides is 1. The fourth-order valence-corrected chi connectivity index (χ4v) is 2.18. The van der Waals surface area contributed by atoms with Crippen LogP contribution in [0.1, 0.15) is 5.56 Å². The molecule has 0 aliphatic carbocycles. The molecule has 1 aliphatic rings. The molecule has 0 atom stereocenters. The van der Waals surface area contributed by atoms with Crippen molar-refractivity contribution in [3.63, 3.8) is 0 Å². The summed E-state index contributed by atoms with van der Waals surface area (Å²) < 4.78 is 5.30. The fourth-order valence-electron chi connectivity index (χ4n) is 2.18. The highest BCUT2D eigenvalue weighted by molar-refractivity contribution is 5.79. The van der Waals surface area contributed by atoms with Crippen LogP contribution in [-0.4, -0.2) is 49.5 Å². The molecular weight excluding hydrogens is 230 g/mol. The Morgan fingerprint density at radius 2 is 2.17 bits per heavy atom. The lowest BCUT2D eigenvalue weighted by molar-refractivity contribution is -0.136. The van der Waals surface area contributed by atoms with Gasteiger partial charge in [-0.25, -0.2) is 0 Å². The van der Waals surface area contributed by atoms with Crippen molar-refractivity contribution in [2.75, 3.05) is 39.5 Å². The first-order valence-electron chi connectivity index (χ1n) is 5.99. The first-order chi connectivity index (χ1) is 8.61. The maximum atomic E-state index is 11.9. The van der Waals surface area contributed by atoms with E-state index in [0.717, 1.165) is 18.7 Å². The molecule has 1 aromatic rings. The van der Waals surface area contributed by atoms with Crippen molar-refractivity contribution in [1.29, 1.82) is 0 Å². The van der Waals surface area contributed by atoms with Gasteiger partial charge < -0.3 is 15.4 Å². The minimum absolute atomic E-state index is 0.147. The van der Waals surface area contributed by atoms with E-state index in [-0.39, 0.29) is 5.91 Å². The number of para-hydroxylation sites is 1. The predicted molar refractivity (Wildman–Crippen MR) is 70.3 cm³/mol. The molecule has 5 heteroatoms. The van der Waals surface area contributed by atoms with E-state index in [1.165, 1.54) is 0 Å². The van der Waals surface area contributed by atoms with Crippen molar-refractivity contribution in [3.8, 4) is 5.75 Å². The van der Waals surface area contributed by atoms with Crippen LogP contribution in [0.5, 0.6) is 5.75 Å². The van der Waals surface area contributed by atoms with E-state index in [1.807, 2.05) is 29.0 Å². The Bertz CT molecular complexity index is 448. The van der Waals surface area contributed by atoms with E-state index in [2.05, 4.69) is 0 Å². The number of nitrogens with zero attached hydrogens (tertiary/aromatic N) is 2. The standard InChI is InChI=1S/C13H19N3O2/c1-15-6-7-16(12(17)9-15)8-10-4-3-5-11(14)13(10)18-2/h3-5H,6-9,14H2,1-2H3. The van der Waals surface area contributed by atoms with E-state index in [4.69, 9.17) is 10.5 Å². The van der Waals surface area contributed by atoms with Crippen LogP contribution in [0.4, 0.5) is 5.69 Å². The zero-order valence-electron chi connectivity index (χ0n) is 10.8. The summed E-state index contributed by atoms with van der Waals surface area (Å²) in [6, 6.07) is 5.63. The Hall–Kier alpha value is -1.75. The van der Waals surface area contributed by atoms with Gasteiger partial charge in [0.25, 0.3) is 0 Å². The molecule has 2 rings (SSSR count). The van der Waals surface area contributed by atoms with Crippen LogP contribution in [0, 0.1) is 0 Å². The number of nitrogen functional groups attached to an aromatic ring is 1. The molecule has 98 valence electrons. The summed E-state index contributed by atoms with van der Waals surface area (Å²) >= 11 is 0. The Balaban J connectivity index is 2.14. The molecule has 1 amide bonds. The molecule has 1 aromatic carbocycles. The second-order valence-electron chi connectivity index (χ2n) is 4.59. The summed E-state index contributed by atoms with van der Waals surface area (Å²) in [6.45, 7) is 2.68. The molecule has 1 aliphatic heterocycles. The van der Waals surface area contributed by atoms with E-state index in [9.17, 15) is 4.79 Å². The third-order valence-corrected chi connectivity index (χ3v) is 3.20. The summed E-state index contributed by atoms with van der Waals surface area (Å²) in [5, 5.41) is 0. The number of likely N-dealkylation sites (N-methyl/N-ethyl adjacent to an activating group) is 1. The Morgan fingerprint density at radius 3 is 2.83 bits per heavy atom. The number of methoxy groups -OCH3 is 1. The average molecular weight is 249 g/mol. The molecule has 1 fully saturated rings. The number of carbonyl (C=O) groups excluding carboxylic acids is 1. The normalized spacial score (nSPS) is 17.0. The zero-order valence-corrected chi connectivity index (χ0v) is 10.8. The number of anilines is 1. The van der Waals surface area contributed by atoms with Crippen LogP contribution in [0.3, 0.4) is 0 Å². The fraction of sp³-hybridized carbons (Fsp3) is 0.462. The number of ether oxygens (including phenoxy) is 1. The third-order valence-electron chi connectivity index (χ3n) is 3.20. The minimum atomic E-state index is 0.147. The minimum Gasteiger partial charge on any atom is -0.494 e. The first kappa shape index (κ1) is 12.7. The van der Waals surface area contributed by atoms with Crippen LogP contribution in [0.2, 0.25) is 0 Å². The summed E-state index contributed by atoms with van der Waals surface area (Å²) in [5.41, 5.74) is 7.42. The van der Waals surface area contributed by atoms with E-state index < -0.39 is 0 Å². The second kappa shape index (κ2) is 5.27. The molecule has 5 nitrogen and oxygen atoms in total. The van der Waals surface area contributed by atoms with Gasteiger partial charge in [0.1, 0.15) is 5.75 Å². The average Bonchev–Trinajstić information content (AvgIpc) is 2.33. The highest BCUT2D eigenvalue weighted by Gasteiger charge is 2.22. The number of benzene rings is 1. The topological polar surface area (TPSA) is 58.8 Å². The van der Waals surface area contributed by atoms with Gasteiger partial charge in [-0.3, -0.25) is 9.69 Å². The van der Waals surface area contributed by atoms with Gasteiger partial charge in [0.15, 0.2) is 0 Å². The quantitative estimate of drug-likeness (QED) is 0.795. The number of nitrogens with two attached hydrogens (primary N) is 1. The van der Waals surface area contributed by atoms with Gasteiger partial charge in [-0.2, -0.15) is 0 Å². The predicted octanol–water partition coefficient (Wildman–Crippen LogP) is 0.551. The summed E-state index contributed by atoms with van der Waals surface area (Å²) in [4.78, 5) is 15.8. The molecule has 0 unspecified atom stereocenters. The largest absolute Gasteiger partial charge is 0.494 e. The number of piperazine rings is 1. The Kier molecular flexibility index (Phi) is 3.72. The van der Waals surface area contributed by atoms with Crippen LogP contribution in [-0.2, 0) is 11.3 Å². The van der Waals surface area contributed by atoms with Crippen LogP contribution in [0.15, 0.2) is 18.2 Å². The van der Waals surface area contributed by atoms with Gasteiger partial charge in [-0.15, -0.1) is 0 Å². The molecule has 2 N–H and O–H groups in total. The van der Waals surface area contributed by atoms with Gasteiger partial charge in [0, 0.05) is 25.2 Å². The van der Waals surface area contributed by atoms with Crippen molar-refractivity contribution < 1.29 is 9.53 Å². The molecule has 0 aromatic heterocycles. The zero-order chi connectivity index (χ0) is 13.1. The summed E-state index contributed by atoms with van der Waals surface area (Å²) in [5.74, 6) is 0.817. The van der Waals surface area contributed by atoms with E-state index in [0.29, 0.717) is 24.5 Å². The second-order valence-corrected chi connectivity index (χ2v) is 4.59. The third kappa shape index (κ3) is 2.56. The van der Waals surface area contributed by atoms with E-state index >= 15 is 0 Å². The lowest BCUT2D eigenvalue weighted by Gasteiger charge is -2.32. The molecule has 18 heavy (non-hydrogen) atoms. The van der Waals surface area contributed by atoms with Crippen LogP contribution in [0.25, 0.3) is 0 Å². The van der Waals surface area contributed by atoms with E-state index in [1.54, 1.807) is 13.2 Å². The Labute approximate surface area is 107 Å². The van der Waals surface area contributed by atoms with Crippen molar-refractivity contribution in [2.45, 2.75) is 6.54 Å². The first-order valence-corrected chi connectivity index (χ1v) is 5.99. The van der Waals surface area contributed by atoms with Crippen LogP contribution < -0.4 is 10.5 Å². The molecule has 0 saturated carbocycles. The van der Waals surface area contributed by atoms with Crippen molar-refractivity contribution >= 4 is 11.6 Å². The molecule has 1 saturated heterocycles. The summed E-state index contributed by atoms with van der Waals surface area (Å²) in [7, 11) is 3.55. The summed E-state index contributed by atoms with van der Waals surface area (Å²) in [6.07, 6.45) is 0. The SMILES string of the molecule is COc1c(N)cccc1CN1CCN(C)CC1=O. The van der Waals surface area contributed by atoms with Crippen molar-refractivity contribution in [1.82, 2.24) is 9.80 Å². The monoisotopic (exact) mass is 249 g/mol. The van der Waals surface area contributed by atoms with Crippen LogP contribution >= 0.6 is 0 Å². The molecule has 0 radical (unpaired) electrons. The molecule has 1 heterocycles. The molecule has 0 bridgehead atoms. The number of rotatable bonds is 3. The number of hydrogen-bond donors (Lipinski definition) is 1. The molecule has 0 spiro atoms. The molecular formula is C13H19N3O2. The maximum Gasteiger partial charge on any atom is 0.237 e. The smallest absolute Gasteiger partial charge is 0.237 e. The van der Waals surface area contributed by atoms with Gasteiger partial charge in [0.05, 0.1) is 19.3 Å². The van der Waals surface area contributed by atoms with Gasteiger partial charge >= 0.3 is 0 Å². The lowest BCUT2D eigenvalue weighted by atomic mass is 10.1. The van der Waals surface area contributed by atoms with Gasteiger partial charge in [0.2, 0.25) is 5.91 Å². The van der Waals surface area contributed by atoms with Gasteiger partial charge in [-0.1, -0.05) is 12.1 Å². The van der Waals surface area contributed by atoms with Crippen molar-refractivity contribution in [3.05, 3.63) is 23.8 Å². The highest BCUT2D eigenvalue weighted by Crippen LogP contribution is 2.27. The lowest BCUT2D eigenvalue weighted by Crippen LogP contribution is -2.48. The number of carbonyl (C=O) groups is 1. The van der Waals surface area contributed by atoms with Crippen molar-refractivity contribution in [2.24, 2.45) is 0 Å². The maximum absolute atomic E-state index is 11.9.